The largest absolute Gasteiger partial charge is 0.399 e. The molecule has 5 nitrogen and oxygen atoms in total. The molecule has 2 amide bonds. The Kier molecular flexibility index (Phi) is 4.84. The summed E-state index contributed by atoms with van der Waals surface area (Å²) < 4.78 is 0. The lowest BCUT2D eigenvalue weighted by molar-refractivity contribution is -0.134. The van der Waals surface area contributed by atoms with Crippen LogP contribution in [0.15, 0.2) is 18.2 Å². The van der Waals surface area contributed by atoms with Crippen molar-refractivity contribution in [1.82, 2.24) is 4.90 Å². The van der Waals surface area contributed by atoms with Crippen LogP contribution in [0.1, 0.15) is 25.7 Å². The quantitative estimate of drug-likeness (QED) is 0.840. The van der Waals surface area contributed by atoms with Crippen molar-refractivity contribution >= 4 is 34.8 Å². The Morgan fingerprint density at radius 2 is 2.15 bits per heavy atom. The molecular formula is C14H18ClN3O2. The first-order valence-electron chi connectivity index (χ1n) is 6.69. The second-order valence-corrected chi connectivity index (χ2v) is 5.32. The van der Waals surface area contributed by atoms with E-state index in [1.54, 1.807) is 23.1 Å². The molecule has 1 aliphatic heterocycles. The normalized spacial score (nSPS) is 15.8. The van der Waals surface area contributed by atoms with Gasteiger partial charge in [0.2, 0.25) is 11.8 Å². The van der Waals surface area contributed by atoms with Crippen LogP contribution in [0.3, 0.4) is 0 Å². The van der Waals surface area contributed by atoms with Crippen molar-refractivity contribution in [3.05, 3.63) is 23.2 Å². The fraction of sp³-hybridized carbons (Fsp3) is 0.429. The number of nitrogens with zero attached hydrogens (tertiary/aromatic N) is 1. The Morgan fingerprint density at radius 3 is 2.95 bits per heavy atom. The Labute approximate surface area is 123 Å². The van der Waals surface area contributed by atoms with Gasteiger partial charge in [0.15, 0.2) is 0 Å². The molecule has 3 N–H and O–H groups in total. The van der Waals surface area contributed by atoms with E-state index in [2.05, 4.69) is 5.32 Å². The number of halogens is 1. The van der Waals surface area contributed by atoms with Crippen molar-refractivity contribution in [1.29, 1.82) is 0 Å². The fourth-order valence-electron chi connectivity index (χ4n) is 2.21. The number of carbonyl (C=O) groups is 2. The van der Waals surface area contributed by atoms with Gasteiger partial charge in [-0.3, -0.25) is 9.59 Å². The zero-order chi connectivity index (χ0) is 14.5. The van der Waals surface area contributed by atoms with Crippen LogP contribution in [0.5, 0.6) is 0 Å². The number of carbonyl (C=O) groups excluding carboxylic acids is 2. The summed E-state index contributed by atoms with van der Waals surface area (Å²) in [5, 5.41) is 3.12. The smallest absolute Gasteiger partial charge is 0.244 e. The third kappa shape index (κ3) is 3.87. The summed E-state index contributed by atoms with van der Waals surface area (Å²) >= 11 is 5.99. The third-order valence-corrected chi connectivity index (χ3v) is 3.60. The van der Waals surface area contributed by atoms with Crippen molar-refractivity contribution < 1.29 is 9.59 Å². The highest BCUT2D eigenvalue weighted by Gasteiger charge is 2.19. The molecule has 108 valence electrons. The molecule has 1 aliphatic rings. The second kappa shape index (κ2) is 6.61. The molecule has 0 bridgehead atoms. The van der Waals surface area contributed by atoms with Gasteiger partial charge < -0.3 is 16.0 Å². The van der Waals surface area contributed by atoms with E-state index in [1.807, 2.05) is 0 Å². The third-order valence-electron chi connectivity index (χ3n) is 3.27. The molecule has 0 radical (unpaired) electrons. The standard InChI is InChI=1S/C14H18ClN3O2/c15-11-6-5-10(16)8-12(11)17-13(19)9-18-7-3-1-2-4-14(18)20/h5-6,8H,1-4,7,9,16H2,(H,17,19). The molecular weight excluding hydrogens is 278 g/mol. The van der Waals surface area contributed by atoms with E-state index in [0.717, 1.165) is 19.3 Å². The van der Waals surface area contributed by atoms with Crippen molar-refractivity contribution in [2.75, 3.05) is 24.1 Å². The molecule has 2 rings (SSSR count). The topological polar surface area (TPSA) is 75.4 Å². The minimum Gasteiger partial charge on any atom is -0.399 e. The van der Waals surface area contributed by atoms with Gasteiger partial charge in [-0.2, -0.15) is 0 Å². The summed E-state index contributed by atoms with van der Waals surface area (Å²) in [7, 11) is 0. The number of anilines is 2. The van der Waals surface area contributed by atoms with Gasteiger partial charge in [-0.25, -0.2) is 0 Å². The first kappa shape index (κ1) is 14.7. The zero-order valence-electron chi connectivity index (χ0n) is 11.2. The monoisotopic (exact) mass is 295 g/mol. The van der Waals surface area contributed by atoms with Gasteiger partial charge in [-0.1, -0.05) is 18.0 Å². The molecule has 0 aliphatic carbocycles. The molecule has 1 aromatic rings. The van der Waals surface area contributed by atoms with Crippen LogP contribution in [0.2, 0.25) is 5.02 Å². The van der Waals surface area contributed by atoms with Gasteiger partial charge >= 0.3 is 0 Å². The van der Waals surface area contributed by atoms with Crippen molar-refractivity contribution in [2.45, 2.75) is 25.7 Å². The van der Waals surface area contributed by atoms with Crippen molar-refractivity contribution in [3.63, 3.8) is 0 Å². The molecule has 0 spiro atoms. The SMILES string of the molecule is Nc1ccc(Cl)c(NC(=O)CN2CCCCCC2=O)c1. The Hall–Kier alpha value is -1.75. The highest BCUT2D eigenvalue weighted by atomic mass is 35.5. The van der Waals surface area contributed by atoms with E-state index in [1.165, 1.54) is 0 Å². The maximum Gasteiger partial charge on any atom is 0.244 e. The maximum atomic E-state index is 12.0. The van der Waals surface area contributed by atoms with E-state index >= 15 is 0 Å². The van der Waals surface area contributed by atoms with Gasteiger partial charge in [-0.15, -0.1) is 0 Å². The van der Waals surface area contributed by atoms with Crippen LogP contribution in [-0.2, 0) is 9.59 Å². The Balaban J connectivity index is 1.97. The van der Waals surface area contributed by atoms with E-state index in [-0.39, 0.29) is 18.4 Å². The summed E-state index contributed by atoms with van der Waals surface area (Å²) in [6.45, 7) is 0.695. The maximum absolute atomic E-state index is 12.0. The Bertz CT molecular complexity index is 519. The molecule has 0 unspecified atom stereocenters. The first-order chi connectivity index (χ1) is 9.56. The highest BCUT2D eigenvalue weighted by molar-refractivity contribution is 6.33. The lowest BCUT2D eigenvalue weighted by Crippen LogP contribution is -2.37. The first-order valence-corrected chi connectivity index (χ1v) is 7.07. The van der Waals surface area contributed by atoms with Gasteiger partial charge in [0, 0.05) is 18.7 Å². The molecule has 1 saturated heterocycles. The zero-order valence-corrected chi connectivity index (χ0v) is 11.9. The lowest BCUT2D eigenvalue weighted by atomic mass is 10.2. The van der Waals surface area contributed by atoms with Gasteiger partial charge in [-0.05, 0) is 31.0 Å². The highest BCUT2D eigenvalue weighted by Crippen LogP contribution is 2.24. The molecule has 1 aromatic carbocycles. The molecule has 0 aromatic heterocycles. The van der Waals surface area contributed by atoms with Crippen molar-refractivity contribution in [3.8, 4) is 0 Å². The summed E-state index contributed by atoms with van der Waals surface area (Å²) in [6.07, 6.45) is 3.40. The van der Waals surface area contributed by atoms with Crippen molar-refractivity contribution in [2.24, 2.45) is 0 Å². The minimum absolute atomic E-state index is 0.0383. The number of nitrogens with one attached hydrogen (secondary N) is 1. The number of hydrogen-bond donors (Lipinski definition) is 2. The van der Waals surface area contributed by atoms with Crippen LogP contribution < -0.4 is 11.1 Å². The predicted octanol–water partition coefficient (Wildman–Crippen LogP) is 2.26. The van der Waals surface area contributed by atoms with Crippen LogP contribution in [-0.4, -0.2) is 29.8 Å². The molecule has 0 saturated carbocycles. The number of hydrogen-bond acceptors (Lipinski definition) is 3. The van der Waals surface area contributed by atoms with E-state index in [0.29, 0.717) is 29.4 Å². The van der Waals surface area contributed by atoms with E-state index in [4.69, 9.17) is 17.3 Å². The number of nitrogens with two attached hydrogens (primary N) is 1. The average Bonchev–Trinajstić information content (AvgIpc) is 2.59. The second-order valence-electron chi connectivity index (χ2n) is 4.91. The minimum atomic E-state index is -0.257. The van der Waals surface area contributed by atoms with Crippen LogP contribution in [0.25, 0.3) is 0 Å². The molecule has 1 heterocycles. The van der Waals surface area contributed by atoms with Crippen LogP contribution >= 0.6 is 11.6 Å². The molecule has 0 atom stereocenters. The number of likely N-dealkylation sites (tertiary alicyclic amines) is 1. The van der Waals surface area contributed by atoms with E-state index in [9.17, 15) is 9.59 Å². The molecule has 1 fully saturated rings. The average molecular weight is 296 g/mol. The summed E-state index contributed by atoms with van der Waals surface area (Å²) in [5.74, 6) is -0.218. The molecule has 20 heavy (non-hydrogen) atoms. The number of amides is 2. The van der Waals surface area contributed by atoms with E-state index < -0.39 is 0 Å². The van der Waals surface area contributed by atoms with Gasteiger partial charge in [0.1, 0.15) is 0 Å². The molecule has 6 heteroatoms. The fourth-order valence-corrected chi connectivity index (χ4v) is 2.37. The summed E-state index contributed by atoms with van der Waals surface area (Å²) in [6, 6.07) is 4.89. The summed E-state index contributed by atoms with van der Waals surface area (Å²) in [5.41, 5.74) is 6.65. The van der Waals surface area contributed by atoms with Gasteiger partial charge in [0.25, 0.3) is 0 Å². The van der Waals surface area contributed by atoms with Crippen LogP contribution in [0.4, 0.5) is 11.4 Å². The van der Waals surface area contributed by atoms with Gasteiger partial charge in [0.05, 0.1) is 17.3 Å². The predicted molar refractivity (Wildman–Crippen MR) is 79.5 cm³/mol. The number of nitrogen functional groups attached to an aromatic ring is 1. The Morgan fingerprint density at radius 1 is 1.35 bits per heavy atom. The van der Waals surface area contributed by atoms with Crippen LogP contribution in [0, 0.1) is 0 Å². The summed E-state index contributed by atoms with van der Waals surface area (Å²) in [4.78, 5) is 25.4. The number of benzene rings is 1. The lowest BCUT2D eigenvalue weighted by Gasteiger charge is -2.20. The number of rotatable bonds is 3.